The maximum absolute atomic E-state index is 13.4. The van der Waals surface area contributed by atoms with E-state index in [1.807, 2.05) is 7.05 Å². The number of rotatable bonds is 4. The molecule has 0 N–H and O–H groups in total. The molecule has 0 spiro atoms. The Balaban J connectivity index is 0.000000212. The van der Waals surface area contributed by atoms with Gasteiger partial charge in [-0.15, -0.1) is 0 Å². The SMILES string of the molecule is CN1CCC(C(=O)c2ccccc2F)CC1.Fc1cccc(N(F)N(F)F)c1F. The van der Waals surface area contributed by atoms with Gasteiger partial charge in [0.1, 0.15) is 11.5 Å². The number of hydrazine groups is 1. The highest BCUT2D eigenvalue weighted by Gasteiger charge is 2.25. The number of piperidine rings is 1. The van der Waals surface area contributed by atoms with Crippen molar-refractivity contribution in [2.45, 2.75) is 12.8 Å². The second-order valence-corrected chi connectivity index (χ2v) is 6.47. The molecule has 29 heavy (non-hydrogen) atoms. The van der Waals surface area contributed by atoms with Crippen molar-refractivity contribution >= 4 is 11.5 Å². The molecule has 2 aromatic carbocycles. The number of nitrogens with zero attached hydrogens (tertiary/aromatic N) is 3. The molecule has 0 atom stereocenters. The van der Waals surface area contributed by atoms with E-state index in [-0.39, 0.29) is 17.3 Å². The molecular formula is C19H19F6N3O. The van der Waals surface area contributed by atoms with E-state index in [0.29, 0.717) is 12.1 Å². The summed E-state index contributed by atoms with van der Waals surface area (Å²) in [5, 5.41) is -1.31. The lowest BCUT2D eigenvalue weighted by atomic mass is 9.89. The van der Waals surface area contributed by atoms with Crippen molar-refractivity contribution < 1.29 is 31.4 Å². The number of carbonyl (C=O) groups excluding carboxylic acids is 1. The zero-order chi connectivity index (χ0) is 21.6. The Morgan fingerprint density at radius 1 is 0.931 bits per heavy atom. The van der Waals surface area contributed by atoms with Crippen molar-refractivity contribution in [2.24, 2.45) is 5.92 Å². The van der Waals surface area contributed by atoms with Crippen LogP contribution in [0.25, 0.3) is 0 Å². The molecule has 0 unspecified atom stereocenters. The van der Waals surface area contributed by atoms with E-state index in [2.05, 4.69) is 4.90 Å². The number of carbonyl (C=O) groups is 1. The largest absolute Gasteiger partial charge is 0.306 e. The minimum atomic E-state index is -2.00. The normalized spacial score (nSPS) is 15.0. The first-order valence-electron chi connectivity index (χ1n) is 8.71. The van der Waals surface area contributed by atoms with Crippen LogP contribution in [0.3, 0.4) is 0 Å². The summed E-state index contributed by atoms with van der Waals surface area (Å²) in [6.07, 6.45) is 1.67. The summed E-state index contributed by atoms with van der Waals surface area (Å²) in [7, 11) is 2.05. The van der Waals surface area contributed by atoms with E-state index in [9.17, 15) is 31.4 Å². The smallest absolute Gasteiger partial charge is 0.186 e. The summed E-state index contributed by atoms with van der Waals surface area (Å²) in [4.78, 5) is 14.3. The van der Waals surface area contributed by atoms with Crippen LogP contribution >= 0.6 is 0 Å². The number of halogens is 6. The molecule has 0 amide bonds. The maximum atomic E-state index is 13.4. The van der Waals surface area contributed by atoms with Gasteiger partial charge in [0.2, 0.25) is 0 Å². The number of likely N-dealkylation sites (tertiary alicyclic amines) is 1. The highest BCUT2D eigenvalue weighted by Crippen LogP contribution is 2.24. The quantitative estimate of drug-likeness (QED) is 0.302. The monoisotopic (exact) mass is 419 g/mol. The third kappa shape index (κ3) is 5.94. The standard InChI is InChI=1S/C13H16FNO.C6H3F5N2/c1-15-8-6-10(7-9-15)13(16)11-4-2-3-5-12(11)14;7-4-2-1-3-5(6(4)8)12(9)13(10)11/h2-5,10H,6-9H2,1H3;1-3H. The highest BCUT2D eigenvalue weighted by atomic mass is 19.4. The van der Waals surface area contributed by atoms with Crippen molar-refractivity contribution in [3.63, 3.8) is 0 Å². The molecule has 1 saturated heterocycles. The summed E-state index contributed by atoms with van der Waals surface area (Å²) in [6, 6.07) is 8.52. The fourth-order valence-electron chi connectivity index (χ4n) is 2.87. The van der Waals surface area contributed by atoms with Crippen molar-refractivity contribution in [1.29, 1.82) is 0 Å². The van der Waals surface area contributed by atoms with Gasteiger partial charge in [-0.25, -0.2) is 13.2 Å². The Hall–Kier alpha value is -2.59. The second kappa shape index (κ2) is 10.3. The molecule has 0 radical (unpaired) electrons. The predicted molar refractivity (Wildman–Crippen MR) is 95.0 cm³/mol. The van der Waals surface area contributed by atoms with Gasteiger partial charge in [-0.05, 0) is 57.2 Å². The van der Waals surface area contributed by atoms with Gasteiger partial charge in [0.25, 0.3) is 0 Å². The van der Waals surface area contributed by atoms with E-state index in [0.717, 1.165) is 32.0 Å². The lowest BCUT2D eigenvalue weighted by molar-refractivity contribution is -0.196. The first-order valence-corrected chi connectivity index (χ1v) is 8.71. The van der Waals surface area contributed by atoms with Crippen molar-refractivity contribution in [1.82, 2.24) is 10.4 Å². The predicted octanol–water partition coefficient (Wildman–Crippen LogP) is 4.99. The fraction of sp³-hybridized carbons (Fsp3) is 0.316. The third-order valence-electron chi connectivity index (χ3n) is 4.49. The van der Waals surface area contributed by atoms with Gasteiger partial charge in [0.05, 0.1) is 5.56 Å². The minimum absolute atomic E-state index is 0.00639. The first kappa shape index (κ1) is 22.7. The Bertz CT molecular complexity index is 827. The molecule has 1 fully saturated rings. The Kier molecular flexibility index (Phi) is 8.03. The molecule has 1 heterocycles. The molecule has 158 valence electrons. The van der Waals surface area contributed by atoms with Gasteiger partial charge in [0, 0.05) is 5.92 Å². The van der Waals surface area contributed by atoms with Gasteiger partial charge >= 0.3 is 0 Å². The van der Waals surface area contributed by atoms with Crippen molar-refractivity contribution in [3.8, 4) is 0 Å². The van der Waals surface area contributed by atoms with Crippen LogP contribution in [0.15, 0.2) is 42.5 Å². The average molecular weight is 419 g/mol. The fourth-order valence-corrected chi connectivity index (χ4v) is 2.87. The van der Waals surface area contributed by atoms with Crippen LogP contribution in [-0.4, -0.2) is 36.3 Å². The maximum Gasteiger partial charge on any atom is 0.186 e. The van der Waals surface area contributed by atoms with E-state index in [4.69, 9.17) is 0 Å². The van der Waals surface area contributed by atoms with Gasteiger partial charge in [-0.3, -0.25) is 4.79 Å². The van der Waals surface area contributed by atoms with Gasteiger partial charge in [-0.2, -0.15) is 0 Å². The molecule has 0 bridgehead atoms. The summed E-state index contributed by atoms with van der Waals surface area (Å²) < 4.78 is 73.8. The zero-order valence-corrected chi connectivity index (χ0v) is 15.5. The van der Waals surface area contributed by atoms with Gasteiger partial charge in [-0.1, -0.05) is 36.9 Å². The second-order valence-electron chi connectivity index (χ2n) is 6.47. The summed E-state index contributed by atoms with van der Waals surface area (Å²) in [5.74, 6) is -3.52. The summed E-state index contributed by atoms with van der Waals surface area (Å²) in [6.45, 7) is 1.84. The van der Waals surface area contributed by atoms with E-state index < -0.39 is 33.8 Å². The molecule has 2 aromatic rings. The van der Waals surface area contributed by atoms with Crippen molar-refractivity contribution in [3.05, 3.63) is 65.5 Å². The number of anilines is 1. The van der Waals surface area contributed by atoms with Crippen LogP contribution in [0.2, 0.25) is 0 Å². The van der Waals surface area contributed by atoms with Gasteiger partial charge < -0.3 is 4.90 Å². The van der Waals surface area contributed by atoms with Crippen molar-refractivity contribution in [2.75, 3.05) is 25.4 Å². The molecule has 3 rings (SSSR count). The topological polar surface area (TPSA) is 26.8 Å². The first-order chi connectivity index (χ1) is 13.7. The number of hydrogen-bond donors (Lipinski definition) is 0. The summed E-state index contributed by atoms with van der Waals surface area (Å²) >= 11 is 0. The Morgan fingerprint density at radius 2 is 1.52 bits per heavy atom. The molecular weight excluding hydrogens is 400 g/mol. The zero-order valence-electron chi connectivity index (χ0n) is 15.5. The van der Waals surface area contributed by atoms with Crippen LogP contribution in [0.4, 0.5) is 32.3 Å². The number of ketones is 1. The molecule has 0 aromatic heterocycles. The van der Waals surface area contributed by atoms with E-state index >= 15 is 0 Å². The number of benzene rings is 2. The van der Waals surface area contributed by atoms with E-state index in [1.165, 1.54) is 6.07 Å². The van der Waals surface area contributed by atoms with Crippen LogP contribution in [0.1, 0.15) is 23.2 Å². The van der Waals surface area contributed by atoms with Crippen LogP contribution < -0.4 is 5.23 Å². The number of hydrogen-bond acceptors (Lipinski definition) is 4. The lowest BCUT2D eigenvalue weighted by Gasteiger charge is -2.28. The third-order valence-corrected chi connectivity index (χ3v) is 4.49. The summed E-state index contributed by atoms with van der Waals surface area (Å²) in [5.41, 5.74) is -2.94. The van der Waals surface area contributed by atoms with Crippen LogP contribution in [0, 0.1) is 23.4 Å². The van der Waals surface area contributed by atoms with Crippen LogP contribution in [0.5, 0.6) is 0 Å². The Labute approximate surface area is 163 Å². The van der Waals surface area contributed by atoms with Crippen LogP contribution in [-0.2, 0) is 0 Å². The molecule has 0 saturated carbocycles. The van der Waals surface area contributed by atoms with E-state index in [1.54, 1.807) is 18.2 Å². The molecule has 0 aliphatic carbocycles. The average Bonchev–Trinajstić information content (AvgIpc) is 2.70. The Morgan fingerprint density at radius 3 is 2.10 bits per heavy atom. The molecule has 10 heteroatoms. The highest BCUT2D eigenvalue weighted by molar-refractivity contribution is 5.98. The minimum Gasteiger partial charge on any atom is -0.306 e. The number of Topliss-reactive ketones (excluding diaryl/α,β-unsaturated/α-hetero) is 1. The molecule has 1 aliphatic rings. The lowest BCUT2D eigenvalue weighted by Crippen LogP contribution is -2.33. The molecule has 1 aliphatic heterocycles. The molecule has 4 nitrogen and oxygen atoms in total. The van der Waals surface area contributed by atoms with Gasteiger partial charge in [0.15, 0.2) is 22.9 Å².